The fourth-order valence-corrected chi connectivity index (χ4v) is 14.0. The summed E-state index contributed by atoms with van der Waals surface area (Å²) in [6, 6.07) is 93.4. The summed E-state index contributed by atoms with van der Waals surface area (Å²) >= 11 is 1.90. The van der Waals surface area contributed by atoms with Gasteiger partial charge in [0, 0.05) is 89.2 Å². The first-order valence-corrected chi connectivity index (χ1v) is 26.2. The maximum Gasteiger partial charge on any atom is 0.252 e. The second-order valence-corrected chi connectivity index (χ2v) is 20.6. The van der Waals surface area contributed by atoms with E-state index in [9.17, 15) is 0 Å². The Morgan fingerprint density at radius 3 is 1.36 bits per heavy atom. The summed E-state index contributed by atoms with van der Waals surface area (Å²) in [4.78, 5) is 12.4. The molecule has 8 heteroatoms. The van der Waals surface area contributed by atoms with E-state index in [-0.39, 0.29) is 13.4 Å². The number of hydrogen-bond donors (Lipinski definition) is 0. The van der Waals surface area contributed by atoms with E-state index in [1.807, 2.05) is 11.8 Å². The summed E-state index contributed by atoms with van der Waals surface area (Å²) in [5.74, 6) is 0. The molecule has 5 heterocycles. The van der Waals surface area contributed by atoms with Crippen LogP contribution < -0.4 is 52.4 Å². The fraction of sp³-hybridized carbons (Fsp3) is 0. The molecule has 0 bridgehead atoms. The van der Waals surface area contributed by atoms with Crippen LogP contribution in [0, 0.1) is 0 Å². The van der Waals surface area contributed by atoms with Gasteiger partial charge in [0.15, 0.2) is 0 Å². The largest absolute Gasteiger partial charge is 0.456 e. The lowest BCUT2D eigenvalue weighted by Gasteiger charge is -2.46. The maximum atomic E-state index is 6.84. The van der Waals surface area contributed by atoms with Gasteiger partial charge in [0.05, 0.1) is 5.69 Å². The van der Waals surface area contributed by atoms with E-state index in [2.05, 4.69) is 274 Å². The molecule has 0 saturated heterocycles. The molecule has 0 atom stereocenters. The molecular weight excluding hydrogens is 918 g/mol. The molecule has 74 heavy (non-hydrogen) atoms. The predicted octanol–water partition coefficient (Wildman–Crippen LogP) is 13.9. The summed E-state index contributed by atoms with van der Waals surface area (Å²) < 4.78 is 6.84. The lowest BCUT2D eigenvalue weighted by molar-refractivity contribution is 0.668. The third kappa shape index (κ3) is 6.03. The third-order valence-corrected chi connectivity index (χ3v) is 16.8. The van der Waals surface area contributed by atoms with Crippen molar-refractivity contribution in [3.8, 4) is 0 Å². The average Bonchev–Trinajstić information content (AvgIpc) is 3.88. The van der Waals surface area contributed by atoms with E-state index in [1.165, 1.54) is 65.0 Å². The normalized spacial score (nSPS) is 13.5. The Morgan fingerprint density at radius 2 is 0.797 bits per heavy atom. The molecule has 0 fully saturated rings. The minimum atomic E-state index is -0.0850. The lowest BCUT2D eigenvalue weighted by Crippen LogP contribution is -2.64. The number of furan rings is 1. The molecule has 344 valence electrons. The Labute approximate surface area is 434 Å². The molecule has 12 aromatic rings. The van der Waals surface area contributed by atoms with Crippen molar-refractivity contribution in [2.45, 2.75) is 9.79 Å². The molecule has 5 nitrogen and oxygen atoms in total. The van der Waals surface area contributed by atoms with Gasteiger partial charge >= 0.3 is 0 Å². The smallest absolute Gasteiger partial charge is 0.252 e. The van der Waals surface area contributed by atoms with Crippen molar-refractivity contribution in [2.24, 2.45) is 0 Å². The number of fused-ring (bicyclic) bond motifs is 12. The molecule has 11 aromatic carbocycles. The van der Waals surface area contributed by atoms with Crippen molar-refractivity contribution in [1.29, 1.82) is 0 Å². The summed E-state index contributed by atoms with van der Waals surface area (Å²) in [5, 5.41) is 2.31. The molecule has 0 amide bonds. The van der Waals surface area contributed by atoms with Crippen LogP contribution in [-0.2, 0) is 0 Å². The van der Waals surface area contributed by atoms with E-state index in [4.69, 9.17) is 4.42 Å². The van der Waals surface area contributed by atoms with Gasteiger partial charge in [-0.2, -0.15) is 0 Å². The average molecular weight is 961 g/mol. The van der Waals surface area contributed by atoms with E-state index < -0.39 is 0 Å². The Kier molecular flexibility index (Phi) is 9.09. The van der Waals surface area contributed by atoms with E-state index in [0.717, 1.165) is 67.7 Å². The number of rotatable bonds is 6. The first-order valence-electron chi connectivity index (χ1n) is 25.4. The lowest BCUT2D eigenvalue weighted by atomic mass is 9.31. The molecule has 0 unspecified atom stereocenters. The third-order valence-electron chi connectivity index (χ3n) is 15.6. The van der Waals surface area contributed by atoms with Crippen molar-refractivity contribution in [2.75, 3.05) is 19.6 Å². The quantitative estimate of drug-likeness (QED) is 0.154. The molecule has 4 aliphatic rings. The van der Waals surface area contributed by atoms with E-state index in [0.29, 0.717) is 0 Å². The first-order chi connectivity index (χ1) is 36.7. The molecule has 1 aromatic heterocycles. The van der Waals surface area contributed by atoms with Crippen LogP contribution in [0.15, 0.2) is 269 Å². The molecule has 0 aliphatic carbocycles. The Morgan fingerprint density at radius 1 is 0.338 bits per heavy atom. The zero-order chi connectivity index (χ0) is 48.4. The monoisotopic (exact) mass is 960 g/mol. The van der Waals surface area contributed by atoms with Gasteiger partial charge in [-0.25, -0.2) is 0 Å². The zero-order valence-electron chi connectivity index (χ0n) is 40.0. The molecule has 0 spiro atoms. The van der Waals surface area contributed by atoms with E-state index in [1.54, 1.807) is 0 Å². The number of para-hydroxylation sites is 8. The molecule has 16 rings (SSSR count). The van der Waals surface area contributed by atoms with Crippen LogP contribution in [0.2, 0.25) is 0 Å². The van der Waals surface area contributed by atoms with Crippen molar-refractivity contribution in [3.05, 3.63) is 255 Å². The van der Waals surface area contributed by atoms with Gasteiger partial charge in [-0.05, 0) is 124 Å². The molecular formula is C66H42B2N4OS. The van der Waals surface area contributed by atoms with Crippen LogP contribution in [-0.4, -0.2) is 13.4 Å². The van der Waals surface area contributed by atoms with Crippen molar-refractivity contribution < 1.29 is 4.42 Å². The zero-order valence-corrected chi connectivity index (χ0v) is 40.8. The predicted molar refractivity (Wildman–Crippen MR) is 312 cm³/mol. The molecule has 0 radical (unpaired) electrons. The summed E-state index contributed by atoms with van der Waals surface area (Å²) in [6.07, 6.45) is 0. The summed E-state index contributed by atoms with van der Waals surface area (Å²) in [6.45, 7) is -0.132. The van der Waals surface area contributed by atoms with Gasteiger partial charge in [0.25, 0.3) is 6.71 Å². The van der Waals surface area contributed by atoms with Crippen LogP contribution in [0.5, 0.6) is 0 Å². The Bertz CT molecular complexity index is 4170. The Balaban J connectivity index is 1.01. The minimum Gasteiger partial charge on any atom is -0.456 e. The minimum absolute atomic E-state index is 0.0471. The van der Waals surface area contributed by atoms with Crippen molar-refractivity contribution in [3.63, 3.8) is 0 Å². The molecule has 0 N–H and O–H groups in total. The van der Waals surface area contributed by atoms with Crippen LogP contribution in [0.1, 0.15) is 0 Å². The van der Waals surface area contributed by atoms with Gasteiger partial charge in [-0.15, -0.1) is 0 Å². The second kappa shape index (κ2) is 16.2. The Hall–Kier alpha value is -9.10. The number of nitrogens with zero attached hydrogens (tertiary/aromatic N) is 4. The van der Waals surface area contributed by atoms with Crippen LogP contribution >= 0.6 is 11.8 Å². The van der Waals surface area contributed by atoms with Gasteiger partial charge < -0.3 is 24.0 Å². The SMILES string of the molecule is c1ccc(N(c2ccccc2)c2cc3c4c(c2)N(c2ccccc2)c2cc5c(cc2B4c2ccccc2N3c2ccccc2)B2c3ccccc3N(c3ccccc3)c3cc4oc6ccccc6c4c(c32)S5)cc1. The highest BCUT2D eigenvalue weighted by atomic mass is 32.2. The number of anilines is 12. The molecule has 0 saturated carbocycles. The highest BCUT2D eigenvalue weighted by Gasteiger charge is 2.48. The van der Waals surface area contributed by atoms with Gasteiger partial charge in [0.2, 0.25) is 6.71 Å². The van der Waals surface area contributed by atoms with Crippen LogP contribution in [0.25, 0.3) is 21.9 Å². The standard InChI is InChI=1S/C66H42B2N4OS/c1-6-22-43(23-7-1)69(44-24-8-2-9-25-44)48-38-57-64-58(39-48)72(47-30-14-5-15-31-47)56-42-62-53(40-52(56)67(64)50-33-17-19-35-54(50)70(57)45-26-10-3-11-27-45)68-51-34-18-20-36-55(51)71(46-28-12-4-13-29-46)59-41-61-63(66(74-62)65(59)68)49-32-16-21-37-60(49)73-61/h1-42H. The second-order valence-electron chi connectivity index (χ2n) is 19.6. The first kappa shape index (κ1) is 41.5. The number of benzene rings is 11. The van der Waals surface area contributed by atoms with Crippen molar-refractivity contribution >= 4 is 148 Å². The van der Waals surface area contributed by atoms with Crippen molar-refractivity contribution in [1.82, 2.24) is 0 Å². The fourth-order valence-electron chi connectivity index (χ4n) is 12.7. The van der Waals surface area contributed by atoms with Crippen LogP contribution in [0.4, 0.5) is 68.2 Å². The molecule has 4 aliphatic heterocycles. The van der Waals surface area contributed by atoms with Gasteiger partial charge in [-0.1, -0.05) is 169 Å². The van der Waals surface area contributed by atoms with Crippen LogP contribution in [0.3, 0.4) is 0 Å². The summed E-state index contributed by atoms with van der Waals surface area (Å²) in [7, 11) is 0. The van der Waals surface area contributed by atoms with Gasteiger partial charge in [-0.3, -0.25) is 0 Å². The summed E-state index contributed by atoms with van der Waals surface area (Å²) in [5.41, 5.74) is 23.2. The highest BCUT2D eigenvalue weighted by molar-refractivity contribution is 8.00. The topological polar surface area (TPSA) is 26.1 Å². The maximum absolute atomic E-state index is 6.84. The highest BCUT2D eigenvalue weighted by Crippen LogP contribution is 2.51. The number of hydrogen-bond acceptors (Lipinski definition) is 6. The van der Waals surface area contributed by atoms with Gasteiger partial charge in [0.1, 0.15) is 11.2 Å². The van der Waals surface area contributed by atoms with E-state index >= 15 is 0 Å².